The molecule has 2 rings (SSSR count). The first-order valence-corrected chi connectivity index (χ1v) is 9.64. The zero-order valence-corrected chi connectivity index (χ0v) is 17.6. The third kappa shape index (κ3) is 5.72. The van der Waals surface area contributed by atoms with Crippen LogP contribution in [0.3, 0.4) is 0 Å². The van der Waals surface area contributed by atoms with Crippen LogP contribution in [0.15, 0.2) is 42.0 Å². The molecule has 0 atom stereocenters. The minimum atomic E-state index is -0.0145. The first-order valence-electron chi connectivity index (χ1n) is 9.64. The van der Waals surface area contributed by atoms with Gasteiger partial charge in [-0.3, -0.25) is 4.79 Å². The van der Waals surface area contributed by atoms with Gasteiger partial charge in [0.25, 0.3) is 0 Å². The van der Waals surface area contributed by atoms with E-state index in [1.165, 1.54) is 16.7 Å². The number of amides is 1. The highest BCUT2D eigenvalue weighted by Crippen LogP contribution is 2.28. The number of carbonyl (C=O) groups excluding carboxylic acids is 1. The molecule has 0 saturated heterocycles. The number of hydrogen-bond donors (Lipinski definition) is 2. The molecule has 0 fully saturated rings. The largest absolute Gasteiger partial charge is 0.383 e. The summed E-state index contributed by atoms with van der Waals surface area (Å²) < 4.78 is 0. The molecule has 0 aromatic heterocycles. The Kier molecular flexibility index (Phi) is 6.84. The van der Waals surface area contributed by atoms with Gasteiger partial charge in [-0.05, 0) is 94.5 Å². The summed E-state index contributed by atoms with van der Waals surface area (Å²) in [5.41, 5.74) is 7.74. The van der Waals surface area contributed by atoms with Crippen LogP contribution in [0.25, 0.3) is 17.2 Å². The van der Waals surface area contributed by atoms with Gasteiger partial charge in [-0.15, -0.1) is 0 Å². The molecule has 1 amide bonds. The molecule has 0 aliphatic carbocycles. The second kappa shape index (κ2) is 8.90. The fourth-order valence-electron chi connectivity index (χ4n) is 3.06. The predicted molar refractivity (Wildman–Crippen MR) is 117 cm³/mol. The summed E-state index contributed by atoms with van der Waals surface area (Å²) in [6.45, 7) is 14.3. The Hall–Kier alpha value is -2.55. The smallest absolute Gasteiger partial charge is 0.247 e. The molecule has 2 N–H and O–H groups in total. The van der Waals surface area contributed by atoms with Gasteiger partial charge >= 0.3 is 0 Å². The van der Waals surface area contributed by atoms with E-state index in [0.29, 0.717) is 6.04 Å². The Morgan fingerprint density at radius 3 is 2.11 bits per heavy atom. The van der Waals surface area contributed by atoms with E-state index in [2.05, 4.69) is 74.7 Å². The summed E-state index contributed by atoms with van der Waals surface area (Å²) in [6.07, 6.45) is 1.97. The van der Waals surface area contributed by atoms with Crippen molar-refractivity contribution in [2.24, 2.45) is 0 Å². The summed E-state index contributed by atoms with van der Waals surface area (Å²) in [6, 6.07) is 13.5. The van der Waals surface area contributed by atoms with Crippen LogP contribution in [0.1, 0.15) is 51.3 Å². The van der Waals surface area contributed by atoms with E-state index in [-0.39, 0.29) is 11.9 Å². The Morgan fingerprint density at radius 1 is 0.926 bits per heavy atom. The van der Waals surface area contributed by atoms with E-state index in [1.807, 2.05) is 26.8 Å². The number of rotatable bonds is 6. The first kappa shape index (κ1) is 20.8. The Labute approximate surface area is 163 Å². The van der Waals surface area contributed by atoms with Crippen molar-refractivity contribution in [2.45, 2.75) is 60.5 Å². The van der Waals surface area contributed by atoms with Gasteiger partial charge in [-0.2, -0.15) is 0 Å². The van der Waals surface area contributed by atoms with Crippen molar-refractivity contribution >= 4 is 17.7 Å². The lowest BCUT2D eigenvalue weighted by Gasteiger charge is -2.14. The lowest BCUT2D eigenvalue weighted by molar-refractivity contribution is -0.117. The summed E-state index contributed by atoms with van der Waals surface area (Å²) in [5.74, 6) is -0.0145. The molecular weight excluding hydrogens is 332 g/mol. The van der Waals surface area contributed by atoms with Crippen LogP contribution in [0, 0.1) is 13.8 Å². The normalized spacial score (nSPS) is 11.8. The second-order valence-corrected chi connectivity index (χ2v) is 7.86. The molecule has 0 saturated carbocycles. The van der Waals surface area contributed by atoms with Gasteiger partial charge in [0, 0.05) is 23.3 Å². The number of carbonyl (C=O) groups is 1. The van der Waals surface area contributed by atoms with Gasteiger partial charge in [0.2, 0.25) is 5.91 Å². The quantitative estimate of drug-likeness (QED) is 0.644. The zero-order chi connectivity index (χ0) is 20.1. The predicted octanol–water partition coefficient (Wildman–Crippen LogP) is 5.72. The standard InChI is InChI=1S/C24H32N2O/c1-15(2)25-22-10-8-20(9-11-22)23-14-17(5)21(12-18(23)6)13-19(7)24(27)26-16(3)4/h8-16,25H,1-7H3,(H,26,27). The Morgan fingerprint density at radius 2 is 1.56 bits per heavy atom. The van der Waals surface area contributed by atoms with Gasteiger partial charge in [0.1, 0.15) is 0 Å². The van der Waals surface area contributed by atoms with Crippen molar-refractivity contribution in [3.8, 4) is 11.1 Å². The van der Waals surface area contributed by atoms with Gasteiger partial charge in [0.05, 0.1) is 0 Å². The van der Waals surface area contributed by atoms with Crippen LogP contribution < -0.4 is 10.6 Å². The fraction of sp³-hybridized carbons (Fsp3) is 0.375. The molecule has 0 aliphatic heterocycles. The monoisotopic (exact) mass is 364 g/mol. The van der Waals surface area contributed by atoms with E-state index < -0.39 is 0 Å². The molecule has 0 aliphatic rings. The number of hydrogen-bond acceptors (Lipinski definition) is 2. The highest BCUT2D eigenvalue weighted by atomic mass is 16.1. The van der Waals surface area contributed by atoms with Crippen LogP contribution in [-0.4, -0.2) is 18.0 Å². The Bertz CT molecular complexity index is 830. The highest BCUT2D eigenvalue weighted by Gasteiger charge is 2.09. The van der Waals surface area contributed by atoms with Crippen LogP contribution in [0.2, 0.25) is 0 Å². The van der Waals surface area contributed by atoms with Crippen LogP contribution in [-0.2, 0) is 4.79 Å². The minimum Gasteiger partial charge on any atom is -0.383 e. The lowest BCUT2D eigenvalue weighted by atomic mass is 9.94. The molecule has 0 heterocycles. The summed E-state index contributed by atoms with van der Waals surface area (Å²) in [7, 11) is 0. The van der Waals surface area contributed by atoms with Gasteiger partial charge < -0.3 is 10.6 Å². The van der Waals surface area contributed by atoms with Gasteiger partial charge in [0.15, 0.2) is 0 Å². The van der Waals surface area contributed by atoms with Gasteiger partial charge in [-0.25, -0.2) is 0 Å². The van der Waals surface area contributed by atoms with Crippen molar-refractivity contribution in [3.63, 3.8) is 0 Å². The minimum absolute atomic E-state index is 0.0145. The third-order valence-electron chi connectivity index (χ3n) is 4.41. The molecule has 0 radical (unpaired) electrons. The molecule has 2 aromatic carbocycles. The highest BCUT2D eigenvalue weighted by molar-refractivity contribution is 5.97. The van der Waals surface area contributed by atoms with E-state index in [0.717, 1.165) is 22.4 Å². The SMILES string of the molecule is CC(=Cc1cc(C)c(-c2ccc(NC(C)C)cc2)cc1C)C(=O)NC(C)C. The molecule has 0 bridgehead atoms. The summed E-state index contributed by atoms with van der Waals surface area (Å²) >= 11 is 0. The molecule has 27 heavy (non-hydrogen) atoms. The average molecular weight is 365 g/mol. The number of anilines is 1. The van der Waals surface area contributed by atoms with Crippen molar-refractivity contribution < 1.29 is 4.79 Å². The fourth-order valence-corrected chi connectivity index (χ4v) is 3.06. The number of aryl methyl sites for hydroxylation is 2. The van der Waals surface area contributed by atoms with Crippen molar-refractivity contribution in [1.29, 1.82) is 0 Å². The molecule has 3 nitrogen and oxygen atoms in total. The van der Waals surface area contributed by atoms with E-state index in [4.69, 9.17) is 0 Å². The zero-order valence-electron chi connectivity index (χ0n) is 17.6. The average Bonchev–Trinajstić information content (AvgIpc) is 2.57. The molecule has 0 spiro atoms. The molecule has 2 aromatic rings. The molecule has 3 heteroatoms. The first-order chi connectivity index (χ1) is 12.7. The maximum Gasteiger partial charge on any atom is 0.247 e. The topological polar surface area (TPSA) is 41.1 Å². The van der Waals surface area contributed by atoms with Crippen LogP contribution in [0.4, 0.5) is 5.69 Å². The van der Waals surface area contributed by atoms with E-state index in [1.54, 1.807) is 0 Å². The van der Waals surface area contributed by atoms with Crippen molar-refractivity contribution in [1.82, 2.24) is 5.32 Å². The van der Waals surface area contributed by atoms with E-state index in [9.17, 15) is 4.79 Å². The number of nitrogens with one attached hydrogen (secondary N) is 2. The lowest BCUT2D eigenvalue weighted by Crippen LogP contribution is -2.30. The van der Waals surface area contributed by atoms with Crippen molar-refractivity contribution in [3.05, 3.63) is 58.7 Å². The van der Waals surface area contributed by atoms with Gasteiger partial charge in [-0.1, -0.05) is 24.3 Å². The van der Waals surface area contributed by atoms with E-state index >= 15 is 0 Å². The Balaban J connectivity index is 2.30. The molecule has 144 valence electrons. The summed E-state index contributed by atoms with van der Waals surface area (Å²) in [5, 5.41) is 6.36. The molecule has 0 unspecified atom stereocenters. The third-order valence-corrected chi connectivity index (χ3v) is 4.41. The second-order valence-electron chi connectivity index (χ2n) is 7.86. The summed E-state index contributed by atoms with van der Waals surface area (Å²) in [4.78, 5) is 12.2. The van der Waals surface area contributed by atoms with Crippen LogP contribution >= 0.6 is 0 Å². The van der Waals surface area contributed by atoms with Crippen LogP contribution in [0.5, 0.6) is 0 Å². The number of benzene rings is 2. The maximum absolute atomic E-state index is 12.2. The van der Waals surface area contributed by atoms with Crippen molar-refractivity contribution in [2.75, 3.05) is 5.32 Å². The maximum atomic E-state index is 12.2. The molecular formula is C24H32N2O.